The van der Waals surface area contributed by atoms with Gasteiger partial charge in [0.05, 0.1) is 0 Å². The smallest absolute Gasteiger partial charge is 0.243 e. The molecule has 2 heterocycles. The van der Waals surface area contributed by atoms with Gasteiger partial charge in [-0.2, -0.15) is 4.31 Å². The predicted octanol–water partition coefficient (Wildman–Crippen LogP) is 3.09. The molecule has 0 unspecified atom stereocenters. The van der Waals surface area contributed by atoms with Gasteiger partial charge in [-0.1, -0.05) is 19.1 Å². The number of hydrogen-bond acceptors (Lipinski definition) is 4. The second kappa shape index (κ2) is 6.67. The van der Waals surface area contributed by atoms with Crippen LogP contribution in [0.2, 0.25) is 0 Å². The minimum Gasteiger partial charge on any atom is -0.243 e. The Balaban J connectivity index is 2.26. The molecule has 7 heteroatoms. The first kappa shape index (κ1) is 15.4. The van der Waals surface area contributed by atoms with Crippen molar-refractivity contribution in [1.82, 2.24) is 9.29 Å². The second-order valence-electron chi connectivity index (χ2n) is 4.15. The zero-order valence-electron chi connectivity index (χ0n) is 11.0. The van der Waals surface area contributed by atoms with Crippen molar-refractivity contribution in [1.29, 1.82) is 0 Å². The van der Waals surface area contributed by atoms with Crippen LogP contribution in [-0.4, -0.2) is 24.3 Å². The lowest BCUT2D eigenvalue weighted by atomic mass is 10.3. The molecule has 0 aliphatic heterocycles. The van der Waals surface area contributed by atoms with E-state index in [1.54, 1.807) is 17.4 Å². The summed E-state index contributed by atoms with van der Waals surface area (Å²) in [6.07, 6.45) is 1.50. The molecule has 0 N–H and O–H groups in total. The third-order valence-electron chi connectivity index (χ3n) is 2.82. The molecule has 0 amide bonds. The molecule has 0 aromatic carbocycles. The first-order valence-electron chi connectivity index (χ1n) is 6.11. The fourth-order valence-electron chi connectivity index (χ4n) is 1.72. The maximum atomic E-state index is 12.5. The van der Waals surface area contributed by atoms with Crippen molar-refractivity contribution < 1.29 is 8.42 Å². The van der Waals surface area contributed by atoms with Crippen LogP contribution >= 0.6 is 22.9 Å². The highest BCUT2D eigenvalue weighted by atomic mass is 35.5. The third kappa shape index (κ3) is 3.38. The predicted molar refractivity (Wildman–Crippen MR) is 81.4 cm³/mol. The van der Waals surface area contributed by atoms with E-state index in [1.165, 1.54) is 16.6 Å². The summed E-state index contributed by atoms with van der Waals surface area (Å²) in [6, 6.07) is 7.02. The Morgan fingerprint density at radius 3 is 2.65 bits per heavy atom. The highest BCUT2D eigenvalue weighted by molar-refractivity contribution is 7.89. The van der Waals surface area contributed by atoms with Gasteiger partial charge in [-0.05, 0) is 23.1 Å². The largest absolute Gasteiger partial charge is 0.260 e. The summed E-state index contributed by atoms with van der Waals surface area (Å²) < 4.78 is 26.5. The first-order chi connectivity index (χ1) is 9.57. The molecular weight excluding hydrogens is 316 g/mol. The third-order valence-corrected chi connectivity index (χ3v) is 5.83. The highest BCUT2D eigenvalue weighted by Crippen LogP contribution is 2.19. The zero-order valence-corrected chi connectivity index (χ0v) is 13.4. The number of halogens is 1. The number of thiophene rings is 1. The SMILES string of the molecule is CCN(Cc1cccs1)S(=O)(=O)c1ccc(CCl)cn1. The van der Waals surface area contributed by atoms with E-state index in [0.29, 0.717) is 19.0 Å². The van der Waals surface area contributed by atoms with Crippen molar-refractivity contribution >= 4 is 33.0 Å². The summed E-state index contributed by atoms with van der Waals surface area (Å²) in [6.45, 7) is 2.59. The molecule has 0 atom stereocenters. The van der Waals surface area contributed by atoms with E-state index in [2.05, 4.69) is 4.98 Å². The number of rotatable bonds is 6. The van der Waals surface area contributed by atoms with Gasteiger partial charge in [0.25, 0.3) is 10.0 Å². The number of pyridine rings is 1. The van der Waals surface area contributed by atoms with Crippen LogP contribution in [0, 0.1) is 0 Å². The summed E-state index contributed by atoms with van der Waals surface area (Å²) in [4.78, 5) is 5.02. The van der Waals surface area contributed by atoms with Crippen LogP contribution in [0.15, 0.2) is 40.9 Å². The van der Waals surface area contributed by atoms with Gasteiger partial charge in [-0.25, -0.2) is 13.4 Å². The molecule has 0 radical (unpaired) electrons. The van der Waals surface area contributed by atoms with Crippen molar-refractivity contribution in [3.63, 3.8) is 0 Å². The second-order valence-corrected chi connectivity index (χ2v) is 7.33. The van der Waals surface area contributed by atoms with Crippen LogP contribution < -0.4 is 0 Å². The zero-order chi connectivity index (χ0) is 14.6. The van der Waals surface area contributed by atoms with Crippen LogP contribution in [0.25, 0.3) is 0 Å². The van der Waals surface area contributed by atoms with E-state index in [0.717, 1.165) is 10.4 Å². The maximum Gasteiger partial charge on any atom is 0.260 e. The lowest BCUT2D eigenvalue weighted by Gasteiger charge is -2.19. The topological polar surface area (TPSA) is 50.3 Å². The minimum absolute atomic E-state index is 0.0600. The molecule has 4 nitrogen and oxygen atoms in total. The Hall–Kier alpha value is -0.950. The van der Waals surface area contributed by atoms with E-state index in [9.17, 15) is 8.42 Å². The van der Waals surface area contributed by atoms with Gasteiger partial charge in [0.1, 0.15) is 0 Å². The lowest BCUT2D eigenvalue weighted by Crippen LogP contribution is -2.30. The molecule has 108 valence electrons. The Morgan fingerprint density at radius 2 is 2.15 bits per heavy atom. The molecule has 2 aromatic rings. The summed E-state index contributed by atoms with van der Waals surface area (Å²) in [5, 5.41) is 1.99. The Morgan fingerprint density at radius 1 is 1.35 bits per heavy atom. The number of aromatic nitrogens is 1. The van der Waals surface area contributed by atoms with E-state index in [4.69, 9.17) is 11.6 Å². The van der Waals surface area contributed by atoms with Crippen molar-refractivity contribution in [3.8, 4) is 0 Å². The number of sulfonamides is 1. The summed E-state index contributed by atoms with van der Waals surface area (Å²) in [5.74, 6) is 0.319. The van der Waals surface area contributed by atoms with Crippen LogP contribution in [0.5, 0.6) is 0 Å². The van der Waals surface area contributed by atoms with Gasteiger partial charge < -0.3 is 0 Å². The Labute approximate surface area is 128 Å². The van der Waals surface area contributed by atoms with Gasteiger partial charge in [-0.3, -0.25) is 0 Å². The van der Waals surface area contributed by atoms with Crippen LogP contribution in [0.3, 0.4) is 0 Å². The minimum atomic E-state index is -3.57. The van der Waals surface area contributed by atoms with E-state index in [-0.39, 0.29) is 5.03 Å². The number of nitrogens with zero attached hydrogens (tertiary/aromatic N) is 2. The molecule has 0 bridgehead atoms. The van der Waals surface area contributed by atoms with Crippen LogP contribution in [0.1, 0.15) is 17.4 Å². The maximum absolute atomic E-state index is 12.5. The molecule has 0 aliphatic carbocycles. The highest BCUT2D eigenvalue weighted by Gasteiger charge is 2.24. The molecule has 0 saturated heterocycles. The monoisotopic (exact) mass is 330 g/mol. The van der Waals surface area contributed by atoms with Crippen molar-refractivity contribution in [2.24, 2.45) is 0 Å². The average Bonchev–Trinajstić information content (AvgIpc) is 2.97. The molecular formula is C13H15ClN2O2S2. The van der Waals surface area contributed by atoms with Gasteiger partial charge in [-0.15, -0.1) is 22.9 Å². The fourth-order valence-corrected chi connectivity index (χ4v) is 4.02. The van der Waals surface area contributed by atoms with Gasteiger partial charge in [0.2, 0.25) is 0 Å². The molecule has 2 aromatic heterocycles. The van der Waals surface area contributed by atoms with E-state index < -0.39 is 10.0 Å². The van der Waals surface area contributed by atoms with Crippen molar-refractivity contribution in [3.05, 3.63) is 46.3 Å². The van der Waals surface area contributed by atoms with E-state index >= 15 is 0 Å². The summed E-state index contributed by atoms with van der Waals surface area (Å²) in [7, 11) is -3.57. The standard InChI is InChI=1S/C13H15ClN2O2S2/c1-2-16(10-12-4-3-7-19-12)20(17,18)13-6-5-11(8-14)9-15-13/h3-7,9H,2,8,10H2,1H3. The molecule has 0 saturated carbocycles. The summed E-state index contributed by atoms with van der Waals surface area (Å²) in [5.41, 5.74) is 0.798. The summed E-state index contributed by atoms with van der Waals surface area (Å²) >= 11 is 7.22. The van der Waals surface area contributed by atoms with Gasteiger partial charge in [0.15, 0.2) is 5.03 Å². The number of alkyl halides is 1. The fraction of sp³-hybridized carbons (Fsp3) is 0.308. The van der Waals surface area contributed by atoms with Crippen molar-refractivity contribution in [2.45, 2.75) is 24.4 Å². The molecule has 0 aliphatic rings. The van der Waals surface area contributed by atoms with Gasteiger partial charge in [0, 0.05) is 30.0 Å². The van der Waals surface area contributed by atoms with Crippen molar-refractivity contribution in [2.75, 3.05) is 6.54 Å². The quantitative estimate of drug-likeness (QED) is 0.765. The molecule has 0 spiro atoms. The molecule has 20 heavy (non-hydrogen) atoms. The average molecular weight is 331 g/mol. The van der Waals surface area contributed by atoms with Crippen LogP contribution in [-0.2, 0) is 22.4 Å². The van der Waals surface area contributed by atoms with Gasteiger partial charge >= 0.3 is 0 Å². The normalized spacial score (nSPS) is 11.9. The Kier molecular flexibility index (Phi) is 5.15. The number of hydrogen-bond donors (Lipinski definition) is 0. The first-order valence-corrected chi connectivity index (χ1v) is 8.96. The van der Waals surface area contributed by atoms with Crippen LogP contribution in [0.4, 0.5) is 0 Å². The molecule has 0 fully saturated rings. The lowest BCUT2D eigenvalue weighted by molar-refractivity contribution is 0.424. The molecule has 2 rings (SSSR count). The van der Waals surface area contributed by atoms with E-state index in [1.807, 2.05) is 24.4 Å². The Bertz CT molecular complexity index is 640.